The monoisotopic (exact) mass is 360 g/mol. The Labute approximate surface area is 150 Å². The lowest BCUT2D eigenvalue weighted by atomic mass is 10.3. The summed E-state index contributed by atoms with van der Waals surface area (Å²) < 4.78 is 4.72. The smallest absolute Gasteiger partial charge is 0.350 e. The van der Waals surface area contributed by atoms with Crippen LogP contribution in [0, 0.1) is 0 Å². The number of carbonyl (C=O) groups is 2. The van der Waals surface area contributed by atoms with E-state index in [0.717, 1.165) is 32.0 Å². The van der Waals surface area contributed by atoms with Gasteiger partial charge in [0.1, 0.15) is 10.7 Å². The van der Waals surface area contributed by atoms with E-state index in [0.29, 0.717) is 17.1 Å². The Morgan fingerprint density at radius 3 is 2.72 bits per heavy atom. The fourth-order valence-corrected chi connectivity index (χ4v) is 3.49. The van der Waals surface area contributed by atoms with Gasteiger partial charge in [-0.15, -0.1) is 11.3 Å². The van der Waals surface area contributed by atoms with Gasteiger partial charge in [-0.05, 0) is 23.6 Å². The molecule has 132 valence electrons. The van der Waals surface area contributed by atoms with Crippen LogP contribution in [-0.2, 0) is 9.53 Å². The molecule has 1 aliphatic rings. The summed E-state index contributed by atoms with van der Waals surface area (Å²) in [7, 11) is 1.33. The maximum atomic E-state index is 12.3. The number of rotatable bonds is 5. The van der Waals surface area contributed by atoms with E-state index >= 15 is 0 Å². The van der Waals surface area contributed by atoms with Crippen LogP contribution in [0.4, 0.5) is 11.5 Å². The number of methoxy groups -OCH3 is 1. The molecule has 1 amide bonds. The fourth-order valence-electron chi connectivity index (χ4n) is 2.73. The Morgan fingerprint density at radius 1 is 1.24 bits per heavy atom. The van der Waals surface area contributed by atoms with Gasteiger partial charge in [0, 0.05) is 32.4 Å². The van der Waals surface area contributed by atoms with Crippen LogP contribution in [0.2, 0.25) is 0 Å². The molecule has 1 aliphatic heterocycles. The predicted octanol–water partition coefficient (Wildman–Crippen LogP) is 1.69. The molecule has 0 unspecified atom stereocenters. The number of hydrogen-bond donors (Lipinski definition) is 1. The van der Waals surface area contributed by atoms with Crippen molar-refractivity contribution in [2.24, 2.45) is 0 Å². The van der Waals surface area contributed by atoms with E-state index < -0.39 is 5.97 Å². The van der Waals surface area contributed by atoms with Crippen molar-refractivity contribution in [3.05, 3.63) is 40.7 Å². The summed E-state index contributed by atoms with van der Waals surface area (Å²) in [6.45, 7) is 3.54. The minimum atomic E-state index is -0.436. The maximum absolute atomic E-state index is 12.3. The zero-order valence-electron chi connectivity index (χ0n) is 14.0. The molecule has 3 heterocycles. The number of esters is 1. The first-order valence-electron chi connectivity index (χ1n) is 8.01. The number of piperazine rings is 1. The molecule has 0 spiro atoms. The van der Waals surface area contributed by atoms with Crippen LogP contribution in [-0.4, -0.2) is 61.6 Å². The number of nitrogens with zero attached hydrogens (tertiary/aromatic N) is 3. The highest BCUT2D eigenvalue weighted by Gasteiger charge is 2.21. The minimum absolute atomic E-state index is 0.130. The van der Waals surface area contributed by atoms with Crippen molar-refractivity contribution in [2.45, 2.75) is 0 Å². The van der Waals surface area contributed by atoms with Crippen LogP contribution in [0.5, 0.6) is 0 Å². The van der Waals surface area contributed by atoms with E-state index in [4.69, 9.17) is 4.74 Å². The van der Waals surface area contributed by atoms with Crippen LogP contribution >= 0.6 is 11.3 Å². The molecule has 0 saturated carbocycles. The lowest BCUT2D eigenvalue weighted by Gasteiger charge is -2.34. The maximum Gasteiger partial charge on any atom is 0.350 e. The number of thiophene rings is 1. The van der Waals surface area contributed by atoms with Gasteiger partial charge in [-0.25, -0.2) is 9.78 Å². The van der Waals surface area contributed by atoms with E-state index in [2.05, 4.69) is 20.1 Å². The van der Waals surface area contributed by atoms with Crippen LogP contribution in [0.1, 0.15) is 9.67 Å². The summed E-state index contributed by atoms with van der Waals surface area (Å²) in [5.74, 6) is 0.400. The van der Waals surface area contributed by atoms with E-state index in [9.17, 15) is 9.59 Å². The van der Waals surface area contributed by atoms with Gasteiger partial charge < -0.3 is 15.0 Å². The third-order valence-corrected chi connectivity index (χ3v) is 4.92. The molecule has 1 saturated heterocycles. The lowest BCUT2D eigenvalue weighted by molar-refractivity contribution is -0.117. The standard InChI is InChI=1S/C17H20N4O3S/c1-24-17(23)16-13(5-11-25-16)19-15(22)12-20-7-9-21(10-8-20)14-4-2-3-6-18-14/h2-6,11H,7-10,12H2,1H3,(H,19,22). The van der Waals surface area contributed by atoms with Crippen LogP contribution in [0.25, 0.3) is 0 Å². The Balaban J connectivity index is 1.50. The average molecular weight is 360 g/mol. The highest BCUT2D eigenvalue weighted by Crippen LogP contribution is 2.23. The molecule has 2 aromatic heterocycles. The number of amides is 1. The van der Waals surface area contributed by atoms with Gasteiger partial charge >= 0.3 is 5.97 Å². The summed E-state index contributed by atoms with van der Waals surface area (Å²) in [5.41, 5.74) is 0.508. The fraction of sp³-hybridized carbons (Fsp3) is 0.353. The largest absolute Gasteiger partial charge is 0.465 e. The summed E-state index contributed by atoms with van der Waals surface area (Å²) in [6, 6.07) is 7.58. The van der Waals surface area contributed by atoms with Crippen molar-refractivity contribution in [3.8, 4) is 0 Å². The topological polar surface area (TPSA) is 74.8 Å². The van der Waals surface area contributed by atoms with Gasteiger partial charge in [0.25, 0.3) is 0 Å². The van der Waals surface area contributed by atoms with Gasteiger partial charge in [-0.1, -0.05) is 6.07 Å². The Morgan fingerprint density at radius 2 is 2.04 bits per heavy atom. The zero-order valence-corrected chi connectivity index (χ0v) is 14.8. The first-order chi connectivity index (χ1) is 12.2. The Kier molecular flexibility index (Phi) is 5.62. The second-order valence-corrected chi connectivity index (χ2v) is 6.57. The third-order valence-electron chi connectivity index (χ3n) is 4.02. The lowest BCUT2D eigenvalue weighted by Crippen LogP contribution is -2.48. The number of aromatic nitrogens is 1. The highest BCUT2D eigenvalue weighted by atomic mass is 32.1. The van der Waals surface area contributed by atoms with Crippen molar-refractivity contribution in [1.82, 2.24) is 9.88 Å². The summed E-state index contributed by atoms with van der Waals surface area (Å²) in [5, 5.41) is 4.56. The molecule has 3 rings (SSSR count). The van der Waals surface area contributed by atoms with Gasteiger partial charge in [-0.3, -0.25) is 9.69 Å². The molecular weight excluding hydrogens is 340 g/mol. The first kappa shape index (κ1) is 17.4. The normalized spacial score (nSPS) is 15.0. The summed E-state index contributed by atoms with van der Waals surface area (Å²) in [6.07, 6.45) is 1.79. The van der Waals surface area contributed by atoms with Crippen molar-refractivity contribution < 1.29 is 14.3 Å². The molecule has 1 fully saturated rings. The number of nitrogens with one attached hydrogen (secondary N) is 1. The van der Waals surface area contributed by atoms with Crippen molar-refractivity contribution in [2.75, 3.05) is 50.1 Å². The second kappa shape index (κ2) is 8.09. The number of anilines is 2. The Bertz CT molecular complexity index is 727. The summed E-state index contributed by atoms with van der Waals surface area (Å²) >= 11 is 1.25. The van der Waals surface area contributed by atoms with Crippen LogP contribution < -0.4 is 10.2 Å². The summed E-state index contributed by atoms with van der Waals surface area (Å²) in [4.78, 5) is 33.0. The van der Waals surface area contributed by atoms with Gasteiger partial charge in [-0.2, -0.15) is 0 Å². The molecule has 8 heteroatoms. The van der Waals surface area contributed by atoms with Gasteiger partial charge in [0.2, 0.25) is 5.91 Å². The molecule has 1 N–H and O–H groups in total. The number of ether oxygens (including phenoxy) is 1. The van der Waals surface area contributed by atoms with Crippen LogP contribution in [0.15, 0.2) is 35.8 Å². The Hall–Kier alpha value is -2.45. The van der Waals surface area contributed by atoms with E-state index in [-0.39, 0.29) is 5.91 Å². The molecule has 0 aliphatic carbocycles. The first-order valence-corrected chi connectivity index (χ1v) is 8.89. The quantitative estimate of drug-likeness (QED) is 0.818. The molecular formula is C17H20N4O3S. The number of pyridine rings is 1. The molecule has 2 aromatic rings. The van der Waals surface area contributed by atoms with E-state index in [1.165, 1.54) is 18.4 Å². The SMILES string of the molecule is COC(=O)c1sccc1NC(=O)CN1CCN(c2ccccn2)CC1. The number of hydrogen-bond acceptors (Lipinski definition) is 7. The highest BCUT2D eigenvalue weighted by molar-refractivity contribution is 7.12. The zero-order chi connectivity index (χ0) is 17.6. The molecule has 0 aromatic carbocycles. The minimum Gasteiger partial charge on any atom is -0.465 e. The molecule has 0 radical (unpaired) electrons. The third kappa shape index (κ3) is 4.34. The van der Waals surface area contributed by atoms with Crippen molar-refractivity contribution in [3.63, 3.8) is 0 Å². The van der Waals surface area contributed by atoms with Gasteiger partial charge in [0.05, 0.1) is 19.3 Å². The molecule has 7 nitrogen and oxygen atoms in total. The molecule has 25 heavy (non-hydrogen) atoms. The molecule has 0 bridgehead atoms. The van der Waals surface area contributed by atoms with Gasteiger partial charge in [0.15, 0.2) is 0 Å². The van der Waals surface area contributed by atoms with E-state index in [1.54, 1.807) is 17.6 Å². The second-order valence-electron chi connectivity index (χ2n) is 5.65. The number of carbonyl (C=O) groups excluding carboxylic acids is 2. The van der Waals surface area contributed by atoms with E-state index in [1.807, 2.05) is 18.2 Å². The molecule has 0 atom stereocenters. The van der Waals surface area contributed by atoms with Crippen molar-refractivity contribution >= 4 is 34.7 Å². The average Bonchev–Trinajstić information content (AvgIpc) is 3.10. The predicted molar refractivity (Wildman–Crippen MR) is 97.2 cm³/mol. The van der Waals surface area contributed by atoms with Crippen molar-refractivity contribution in [1.29, 1.82) is 0 Å². The van der Waals surface area contributed by atoms with Crippen LogP contribution in [0.3, 0.4) is 0 Å².